The van der Waals surface area contributed by atoms with E-state index in [0.717, 1.165) is 11.8 Å². The Morgan fingerprint density at radius 3 is 2.05 bits per heavy atom. The highest BCUT2D eigenvalue weighted by Gasteiger charge is 2.42. The van der Waals surface area contributed by atoms with Crippen molar-refractivity contribution >= 4 is 0 Å². The number of unbranched alkanes of at least 4 members (excludes halogenated alkanes) is 5. The molecule has 0 amide bonds. The summed E-state index contributed by atoms with van der Waals surface area (Å²) in [5.41, 5.74) is 0.479. The summed E-state index contributed by atoms with van der Waals surface area (Å²) in [6.07, 6.45) is 12.7. The fourth-order valence-corrected chi connectivity index (χ4v) is 4.40. The number of rotatable bonds is 10. The largest absolute Gasteiger partial charge is 0.316 e. The first-order valence-corrected chi connectivity index (χ1v) is 9.65. The van der Waals surface area contributed by atoms with Gasteiger partial charge in [0.1, 0.15) is 0 Å². The van der Waals surface area contributed by atoms with Crippen LogP contribution in [0.3, 0.4) is 0 Å². The Morgan fingerprint density at radius 1 is 0.857 bits per heavy atom. The molecule has 0 bridgehead atoms. The third-order valence-corrected chi connectivity index (χ3v) is 6.04. The molecule has 0 saturated carbocycles. The first-order chi connectivity index (χ1) is 10.2. The number of likely N-dealkylation sites (tertiary alicyclic amines) is 1. The van der Waals surface area contributed by atoms with E-state index >= 15 is 0 Å². The second-order valence-electron chi connectivity index (χ2n) is 7.85. The molecule has 0 aromatic heterocycles. The number of hydrogen-bond donors (Lipinski definition) is 1. The molecule has 2 saturated heterocycles. The molecule has 124 valence electrons. The van der Waals surface area contributed by atoms with E-state index in [9.17, 15) is 0 Å². The monoisotopic (exact) mass is 294 g/mol. The summed E-state index contributed by atoms with van der Waals surface area (Å²) in [6, 6.07) is 0. The quantitative estimate of drug-likeness (QED) is 0.599. The minimum absolute atomic E-state index is 0.479. The normalized spacial score (nSPS) is 28.7. The van der Waals surface area contributed by atoms with Gasteiger partial charge in [0.05, 0.1) is 0 Å². The van der Waals surface area contributed by atoms with E-state index in [1.165, 1.54) is 84.0 Å². The summed E-state index contributed by atoms with van der Waals surface area (Å²) in [7, 11) is 0. The van der Waals surface area contributed by atoms with Gasteiger partial charge in [0.2, 0.25) is 0 Å². The maximum Gasteiger partial charge on any atom is 0.0181 e. The second-order valence-corrected chi connectivity index (χ2v) is 7.85. The molecule has 2 heteroatoms. The minimum Gasteiger partial charge on any atom is -0.316 e. The molecule has 2 fully saturated rings. The maximum atomic E-state index is 3.58. The van der Waals surface area contributed by atoms with E-state index in [-0.39, 0.29) is 0 Å². The topological polar surface area (TPSA) is 15.3 Å². The summed E-state index contributed by atoms with van der Waals surface area (Å²) in [4.78, 5) is 2.87. The highest BCUT2D eigenvalue weighted by Crippen LogP contribution is 2.36. The van der Waals surface area contributed by atoms with Crippen molar-refractivity contribution in [1.82, 2.24) is 10.2 Å². The van der Waals surface area contributed by atoms with Crippen LogP contribution < -0.4 is 5.32 Å². The van der Waals surface area contributed by atoms with E-state index in [2.05, 4.69) is 31.0 Å². The third kappa shape index (κ3) is 4.69. The van der Waals surface area contributed by atoms with E-state index in [0.29, 0.717) is 5.54 Å². The molecular weight excluding hydrogens is 256 g/mol. The molecule has 21 heavy (non-hydrogen) atoms. The van der Waals surface area contributed by atoms with Crippen LogP contribution in [0.2, 0.25) is 0 Å². The standard InChI is InChI=1S/C19H38N2/c1-4-6-8-9-10-12-19(3,11-7-5-2)21-15-17-13-20-14-18(17)16-21/h17-18,20H,4-16H2,1-3H3. The molecular formula is C19H38N2. The lowest BCUT2D eigenvalue weighted by molar-refractivity contribution is 0.0989. The van der Waals surface area contributed by atoms with Gasteiger partial charge in [0, 0.05) is 18.6 Å². The Bertz CT molecular complexity index is 279. The van der Waals surface area contributed by atoms with Crippen LogP contribution >= 0.6 is 0 Å². The van der Waals surface area contributed by atoms with Crippen LogP contribution in [-0.2, 0) is 0 Å². The van der Waals surface area contributed by atoms with Crippen molar-refractivity contribution in [3.8, 4) is 0 Å². The van der Waals surface area contributed by atoms with Gasteiger partial charge >= 0.3 is 0 Å². The molecule has 0 aromatic carbocycles. The van der Waals surface area contributed by atoms with Gasteiger partial charge in [-0.2, -0.15) is 0 Å². The average molecular weight is 295 g/mol. The molecule has 2 aliphatic heterocycles. The zero-order valence-corrected chi connectivity index (χ0v) is 14.8. The van der Waals surface area contributed by atoms with Crippen LogP contribution in [0, 0.1) is 11.8 Å². The van der Waals surface area contributed by atoms with Crippen molar-refractivity contribution in [3.63, 3.8) is 0 Å². The van der Waals surface area contributed by atoms with Crippen molar-refractivity contribution in [3.05, 3.63) is 0 Å². The van der Waals surface area contributed by atoms with E-state index in [1.54, 1.807) is 0 Å². The molecule has 2 nitrogen and oxygen atoms in total. The van der Waals surface area contributed by atoms with Crippen molar-refractivity contribution in [2.45, 2.75) is 84.1 Å². The van der Waals surface area contributed by atoms with Crippen molar-refractivity contribution in [2.75, 3.05) is 26.2 Å². The van der Waals surface area contributed by atoms with Gasteiger partial charge in [-0.15, -0.1) is 0 Å². The molecule has 0 aromatic rings. The van der Waals surface area contributed by atoms with Crippen LogP contribution in [-0.4, -0.2) is 36.6 Å². The molecule has 1 N–H and O–H groups in total. The Kier molecular flexibility index (Phi) is 7.01. The molecule has 2 aliphatic rings. The molecule has 2 rings (SSSR count). The maximum absolute atomic E-state index is 3.58. The first kappa shape index (κ1) is 17.3. The molecule has 3 atom stereocenters. The van der Waals surface area contributed by atoms with Gasteiger partial charge in [-0.3, -0.25) is 4.90 Å². The number of nitrogens with one attached hydrogen (secondary N) is 1. The third-order valence-electron chi connectivity index (χ3n) is 6.04. The summed E-state index contributed by atoms with van der Waals surface area (Å²) in [5.74, 6) is 1.87. The highest BCUT2D eigenvalue weighted by atomic mass is 15.2. The Morgan fingerprint density at radius 2 is 1.43 bits per heavy atom. The molecule has 2 heterocycles. The summed E-state index contributed by atoms with van der Waals surface area (Å²) < 4.78 is 0. The highest BCUT2D eigenvalue weighted by molar-refractivity contribution is 4.98. The van der Waals surface area contributed by atoms with Crippen molar-refractivity contribution in [2.24, 2.45) is 11.8 Å². The van der Waals surface area contributed by atoms with Gasteiger partial charge < -0.3 is 5.32 Å². The van der Waals surface area contributed by atoms with Gasteiger partial charge in [-0.1, -0.05) is 58.8 Å². The molecule has 0 spiro atoms. The van der Waals surface area contributed by atoms with Gasteiger partial charge in [-0.25, -0.2) is 0 Å². The lowest BCUT2D eigenvalue weighted by Crippen LogP contribution is -2.46. The zero-order valence-electron chi connectivity index (χ0n) is 14.8. The van der Waals surface area contributed by atoms with Gasteiger partial charge in [0.15, 0.2) is 0 Å². The van der Waals surface area contributed by atoms with Crippen LogP contribution in [0.4, 0.5) is 0 Å². The minimum atomic E-state index is 0.479. The smallest absolute Gasteiger partial charge is 0.0181 e. The van der Waals surface area contributed by atoms with Crippen molar-refractivity contribution < 1.29 is 0 Å². The average Bonchev–Trinajstić information content (AvgIpc) is 3.06. The predicted molar refractivity (Wildman–Crippen MR) is 92.7 cm³/mol. The Labute approximate surface area is 133 Å². The van der Waals surface area contributed by atoms with Gasteiger partial charge in [0.25, 0.3) is 0 Å². The Balaban J connectivity index is 1.83. The lowest BCUT2D eigenvalue weighted by Gasteiger charge is -2.40. The molecule has 0 radical (unpaired) electrons. The molecule has 0 aliphatic carbocycles. The lowest BCUT2D eigenvalue weighted by atomic mass is 9.87. The van der Waals surface area contributed by atoms with E-state index < -0.39 is 0 Å². The zero-order chi connectivity index (χ0) is 15.1. The van der Waals surface area contributed by atoms with Crippen LogP contribution in [0.25, 0.3) is 0 Å². The number of nitrogens with zero attached hydrogens (tertiary/aromatic N) is 1. The fraction of sp³-hybridized carbons (Fsp3) is 1.00. The van der Waals surface area contributed by atoms with Gasteiger partial charge in [-0.05, 0) is 44.7 Å². The van der Waals surface area contributed by atoms with Crippen molar-refractivity contribution in [1.29, 1.82) is 0 Å². The summed E-state index contributed by atoms with van der Waals surface area (Å²) in [6.45, 7) is 12.5. The fourth-order valence-electron chi connectivity index (χ4n) is 4.40. The van der Waals surface area contributed by atoms with Crippen LogP contribution in [0.5, 0.6) is 0 Å². The Hall–Kier alpha value is -0.0800. The van der Waals surface area contributed by atoms with Crippen LogP contribution in [0.15, 0.2) is 0 Å². The number of hydrogen-bond acceptors (Lipinski definition) is 2. The van der Waals surface area contributed by atoms with Crippen LogP contribution in [0.1, 0.15) is 78.6 Å². The van der Waals surface area contributed by atoms with E-state index in [1.807, 2.05) is 0 Å². The number of fused-ring (bicyclic) bond motifs is 1. The first-order valence-electron chi connectivity index (χ1n) is 9.65. The molecule has 3 unspecified atom stereocenters. The second kappa shape index (κ2) is 8.53. The predicted octanol–water partition coefficient (Wildman–Crippen LogP) is 4.45. The summed E-state index contributed by atoms with van der Waals surface area (Å²) in [5, 5.41) is 3.58. The summed E-state index contributed by atoms with van der Waals surface area (Å²) >= 11 is 0. The van der Waals surface area contributed by atoms with E-state index in [4.69, 9.17) is 0 Å². The SMILES string of the molecule is CCCCCCCC(C)(CCCC)N1CC2CNCC2C1.